The Morgan fingerprint density at radius 1 is 1.29 bits per heavy atom. The third kappa shape index (κ3) is 1.54. The topological polar surface area (TPSA) is 58.2 Å². The van der Waals surface area contributed by atoms with Gasteiger partial charge in [-0.3, -0.25) is 9.89 Å². The molecule has 1 fully saturated rings. The van der Waals surface area contributed by atoms with Gasteiger partial charge in [-0.2, -0.15) is 5.10 Å². The summed E-state index contributed by atoms with van der Waals surface area (Å²) in [5.41, 5.74) is 3.84. The lowest BCUT2D eigenvalue weighted by atomic mass is 9.91. The number of carbonyl (C=O) groups excluding carboxylic acids is 1. The molecule has 0 radical (unpaired) electrons. The number of amides is 1. The summed E-state index contributed by atoms with van der Waals surface area (Å²) in [6.07, 6.45) is 2.66. The highest BCUT2D eigenvalue weighted by Gasteiger charge is 2.66. The Labute approximate surface area is 139 Å². The van der Waals surface area contributed by atoms with Crippen molar-refractivity contribution in [3.63, 3.8) is 0 Å². The summed E-state index contributed by atoms with van der Waals surface area (Å²) in [4.78, 5) is 14.8. The van der Waals surface area contributed by atoms with Crippen LogP contribution < -0.4 is 9.64 Å². The SMILES string of the molecule is COc1ccc2c(c1)[C@]1(CC1c1ccc3cn[nH]c3c1)C(=O)N2C. The molecule has 2 heterocycles. The molecule has 1 aliphatic heterocycles. The van der Waals surface area contributed by atoms with E-state index < -0.39 is 5.41 Å². The number of fused-ring (bicyclic) bond motifs is 3. The van der Waals surface area contributed by atoms with Gasteiger partial charge in [-0.25, -0.2) is 0 Å². The van der Waals surface area contributed by atoms with Crippen molar-refractivity contribution in [2.45, 2.75) is 17.8 Å². The van der Waals surface area contributed by atoms with Gasteiger partial charge in [-0.05, 0) is 41.8 Å². The van der Waals surface area contributed by atoms with Crippen molar-refractivity contribution in [2.24, 2.45) is 0 Å². The zero-order valence-corrected chi connectivity index (χ0v) is 13.5. The van der Waals surface area contributed by atoms with Crippen molar-refractivity contribution in [2.75, 3.05) is 19.1 Å². The monoisotopic (exact) mass is 319 g/mol. The van der Waals surface area contributed by atoms with Crippen LogP contribution in [0.5, 0.6) is 5.75 Å². The lowest BCUT2D eigenvalue weighted by molar-refractivity contribution is -0.120. The number of nitrogens with zero attached hydrogens (tertiary/aromatic N) is 2. The van der Waals surface area contributed by atoms with Crippen LogP contribution >= 0.6 is 0 Å². The fourth-order valence-electron chi connectivity index (χ4n) is 4.19. The van der Waals surface area contributed by atoms with Crippen molar-refractivity contribution in [3.05, 3.63) is 53.7 Å². The molecule has 2 aliphatic rings. The molecular weight excluding hydrogens is 302 g/mol. The van der Waals surface area contributed by atoms with E-state index in [1.165, 1.54) is 5.56 Å². The van der Waals surface area contributed by atoms with Gasteiger partial charge in [0.25, 0.3) is 0 Å². The number of anilines is 1. The first kappa shape index (κ1) is 13.6. The quantitative estimate of drug-likeness (QED) is 0.790. The molecular formula is C19H17N3O2. The molecule has 5 rings (SSSR count). The molecule has 1 aliphatic carbocycles. The first-order chi connectivity index (χ1) is 11.6. The van der Waals surface area contributed by atoms with Gasteiger partial charge in [0.1, 0.15) is 5.75 Å². The Kier molecular flexibility index (Phi) is 2.48. The molecule has 1 unspecified atom stereocenters. The molecule has 0 bridgehead atoms. The van der Waals surface area contributed by atoms with Crippen molar-refractivity contribution < 1.29 is 9.53 Å². The molecule has 120 valence electrons. The number of H-pyrrole nitrogens is 1. The lowest BCUT2D eigenvalue weighted by Gasteiger charge is -2.11. The van der Waals surface area contributed by atoms with E-state index in [1.54, 1.807) is 12.0 Å². The zero-order chi connectivity index (χ0) is 16.5. The minimum Gasteiger partial charge on any atom is -0.497 e. The van der Waals surface area contributed by atoms with Crippen molar-refractivity contribution in [1.29, 1.82) is 0 Å². The predicted octanol–water partition coefficient (Wildman–Crippen LogP) is 2.97. The van der Waals surface area contributed by atoms with Gasteiger partial charge in [0.05, 0.1) is 24.2 Å². The van der Waals surface area contributed by atoms with Gasteiger partial charge in [-0.1, -0.05) is 12.1 Å². The fraction of sp³-hybridized carbons (Fsp3) is 0.263. The Bertz CT molecular complexity index is 993. The van der Waals surface area contributed by atoms with Crippen LogP contribution in [-0.2, 0) is 10.2 Å². The minimum absolute atomic E-state index is 0.181. The molecule has 2 aromatic carbocycles. The van der Waals surface area contributed by atoms with Crippen LogP contribution in [0.1, 0.15) is 23.5 Å². The molecule has 1 aromatic heterocycles. The third-order valence-corrected chi connectivity index (χ3v) is 5.56. The molecule has 24 heavy (non-hydrogen) atoms. The highest BCUT2D eigenvalue weighted by Crippen LogP contribution is 2.66. The van der Waals surface area contributed by atoms with E-state index in [1.807, 2.05) is 31.4 Å². The zero-order valence-electron chi connectivity index (χ0n) is 13.5. The summed E-state index contributed by atoms with van der Waals surface area (Å²) in [7, 11) is 3.52. The highest BCUT2D eigenvalue weighted by atomic mass is 16.5. The number of benzene rings is 2. The van der Waals surface area contributed by atoms with Crippen LogP contribution in [0, 0.1) is 0 Å². The smallest absolute Gasteiger partial charge is 0.238 e. The first-order valence-electron chi connectivity index (χ1n) is 8.05. The van der Waals surface area contributed by atoms with Crippen molar-refractivity contribution in [1.82, 2.24) is 10.2 Å². The van der Waals surface area contributed by atoms with E-state index >= 15 is 0 Å². The highest BCUT2D eigenvalue weighted by molar-refractivity contribution is 6.11. The van der Waals surface area contributed by atoms with Gasteiger partial charge in [0.2, 0.25) is 5.91 Å². The predicted molar refractivity (Wildman–Crippen MR) is 91.5 cm³/mol. The first-order valence-corrected chi connectivity index (χ1v) is 8.05. The number of methoxy groups -OCH3 is 1. The number of ether oxygens (including phenoxy) is 1. The molecule has 0 saturated heterocycles. The summed E-state index contributed by atoms with van der Waals surface area (Å²) in [5.74, 6) is 1.18. The molecule has 2 atom stereocenters. The third-order valence-electron chi connectivity index (χ3n) is 5.56. The summed E-state index contributed by atoms with van der Waals surface area (Å²) < 4.78 is 5.38. The van der Waals surface area contributed by atoms with Crippen molar-refractivity contribution >= 4 is 22.5 Å². The number of rotatable bonds is 2. The van der Waals surface area contributed by atoms with Crippen LogP contribution in [0.15, 0.2) is 42.6 Å². The lowest BCUT2D eigenvalue weighted by Crippen LogP contribution is -2.29. The second-order valence-corrected chi connectivity index (χ2v) is 6.69. The largest absolute Gasteiger partial charge is 0.497 e. The summed E-state index contributed by atoms with van der Waals surface area (Å²) >= 11 is 0. The van der Waals surface area contributed by atoms with Gasteiger partial charge < -0.3 is 9.64 Å². The van der Waals surface area contributed by atoms with E-state index in [9.17, 15) is 4.79 Å². The Hall–Kier alpha value is -2.82. The molecule has 3 aromatic rings. The summed E-state index contributed by atoms with van der Waals surface area (Å²) in [6, 6.07) is 12.2. The summed E-state index contributed by atoms with van der Waals surface area (Å²) in [5, 5.41) is 8.18. The van der Waals surface area contributed by atoms with Crippen LogP contribution in [-0.4, -0.2) is 30.3 Å². The molecule has 1 saturated carbocycles. The number of carbonyl (C=O) groups is 1. The van der Waals surface area contributed by atoms with E-state index in [4.69, 9.17) is 4.74 Å². The number of hydrogen-bond acceptors (Lipinski definition) is 3. The fourth-order valence-corrected chi connectivity index (χ4v) is 4.19. The van der Waals surface area contributed by atoms with Crippen LogP contribution in [0.25, 0.3) is 10.9 Å². The van der Waals surface area contributed by atoms with Crippen LogP contribution in [0.2, 0.25) is 0 Å². The maximum Gasteiger partial charge on any atom is 0.238 e. The molecule has 5 nitrogen and oxygen atoms in total. The Morgan fingerprint density at radius 2 is 2.17 bits per heavy atom. The van der Waals surface area contributed by atoms with Gasteiger partial charge in [0, 0.05) is 24.0 Å². The minimum atomic E-state index is -0.438. The van der Waals surface area contributed by atoms with Crippen molar-refractivity contribution in [3.8, 4) is 5.75 Å². The molecule has 5 heteroatoms. The number of nitrogens with one attached hydrogen (secondary N) is 1. The normalized spacial score (nSPS) is 24.7. The molecule has 1 spiro atoms. The second-order valence-electron chi connectivity index (χ2n) is 6.69. The summed E-state index contributed by atoms with van der Waals surface area (Å²) in [6.45, 7) is 0. The average Bonchev–Trinajstić information content (AvgIpc) is 3.14. The van der Waals surface area contributed by atoms with E-state index in [0.29, 0.717) is 0 Å². The van der Waals surface area contributed by atoms with E-state index in [0.717, 1.165) is 34.3 Å². The number of aromatic nitrogens is 2. The Morgan fingerprint density at radius 3 is 3.00 bits per heavy atom. The second kappa shape index (κ2) is 4.38. The molecule has 1 amide bonds. The van der Waals surface area contributed by atoms with Crippen LogP contribution in [0.4, 0.5) is 5.69 Å². The van der Waals surface area contributed by atoms with Crippen LogP contribution in [0.3, 0.4) is 0 Å². The number of hydrogen-bond donors (Lipinski definition) is 1. The molecule has 1 N–H and O–H groups in total. The average molecular weight is 319 g/mol. The number of aromatic amines is 1. The maximum atomic E-state index is 13.0. The van der Waals surface area contributed by atoms with Gasteiger partial charge >= 0.3 is 0 Å². The van der Waals surface area contributed by atoms with Gasteiger partial charge in [-0.15, -0.1) is 0 Å². The van der Waals surface area contributed by atoms with Gasteiger partial charge in [0.15, 0.2) is 0 Å². The number of likely N-dealkylation sites (N-methyl/N-ethyl adjacent to an activating group) is 1. The van der Waals surface area contributed by atoms with E-state index in [2.05, 4.69) is 28.4 Å². The Balaban J connectivity index is 1.63. The maximum absolute atomic E-state index is 13.0. The standard InChI is InChI=1S/C19H17N3O2/c1-22-17-6-5-13(24-2)8-14(17)19(18(22)23)9-15(19)11-3-4-12-10-20-21-16(12)7-11/h3-8,10,15H,9H2,1-2H3,(H,20,21)/t15?,19-/m0/s1. The van der Waals surface area contributed by atoms with E-state index in [-0.39, 0.29) is 11.8 Å².